The number of ether oxygens (including phenoxy) is 2. The van der Waals surface area contributed by atoms with E-state index in [1.54, 1.807) is 19.9 Å². The van der Waals surface area contributed by atoms with Crippen molar-refractivity contribution in [2.75, 3.05) is 6.54 Å². The highest BCUT2D eigenvalue weighted by molar-refractivity contribution is 7.91. The molecule has 0 bridgehead atoms. The predicted octanol–water partition coefficient (Wildman–Crippen LogP) is 5.06. The average molecular weight is 800 g/mol. The van der Waals surface area contributed by atoms with Crippen LogP contribution in [0.2, 0.25) is 5.02 Å². The van der Waals surface area contributed by atoms with E-state index in [0.717, 1.165) is 12.0 Å². The molecule has 0 unspecified atom stereocenters. The van der Waals surface area contributed by atoms with Gasteiger partial charge in [-0.25, -0.2) is 18.2 Å². The van der Waals surface area contributed by atoms with Crippen molar-refractivity contribution in [3.05, 3.63) is 53.6 Å². The Morgan fingerprint density at radius 2 is 1.82 bits per heavy atom. The number of sulfonamides is 1. The zero-order valence-electron chi connectivity index (χ0n) is 31.7. The zero-order chi connectivity index (χ0) is 39.9. The van der Waals surface area contributed by atoms with E-state index < -0.39 is 74.1 Å². The standard InChI is InChI=1S/C39H50ClN5O9S/c1-22(2)53-28-12-10-25(11-13-28)30-17-27(40)18-32(41-30)54-29-19-31-34(46)43-39(36(48)44-55(51,52)38(5)14-15-38)20-26(39)9-7-6-8-23(3)16-24(4)33(42-37(49)50)35(47)45(31)21-29/h7,9-13,17-18,22-24,26,29,31,33,42H,6,8,14-16,19-21H2,1-5H3,(H,43,46)(H,44,48)(H,49,50)/b9-7-/t23-,24-,26-,29-,31+,33+,39-/m1/s1. The van der Waals surface area contributed by atoms with Gasteiger partial charge in [0.1, 0.15) is 29.5 Å². The number of amides is 4. The van der Waals surface area contributed by atoms with Crippen molar-refractivity contribution in [2.45, 2.75) is 114 Å². The van der Waals surface area contributed by atoms with Gasteiger partial charge in [0.05, 0.1) is 23.1 Å². The number of carboxylic acid groups (broad SMARTS) is 1. The van der Waals surface area contributed by atoms with Crippen LogP contribution >= 0.6 is 11.6 Å². The van der Waals surface area contributed by atoms with Crippen LogP contribution in [0.15, 0.2) is 48.6 Å². The minimum absolute atomic E-state index is 0.00370. The Morgan fingerprint density at radius 1 is 1.11 bits per heavy atom. The highest BCUT2D eigenvalue weighted by atomic mass is 35.5. The summed E-state index contributed by atoms with van der Waals surface area (Å²) in [6.07, 6.45) is 4.49. The lowest BCUT2D eigenvalue weighted by atomic mass is 9.88. The Hall–Kier alpha value is -4.37. The fourth-order valence-electron chi connectivity index (χ4n) is 7.56. The maximum atomic E-state index is 14.4. The van der Waals surface area contributed by atoms with Gasteiger partial charge in [-0.1, -0.05) is 37.6 Å². The molecule has 4 N–H and O–H groups in total. The summed E-state index contributed by atoms with van der Waals surface area (Å²) in [6, 6.07) is 8.17. The number of hydrogen-bond acceptors (Lipinski definition) is 9. The molecule has 6 rings (SSSR count). The molecular weight excluding hydrogens is 750 g/mol. The highest BCUT2D eigenvalue weighted by Crippen LogP contribution is 2.47. The molecule has 0 radical (unpaired) electrons. The van der Waals surface area contributed by atoms with Crippen LogP contribution in [-0.2, 0) is 24.4 Å². The molecule has 0 spiro atoms. The number of halogens is 1. The van der Waals surface area contributed by atoms with Gasteiger partial charge in [-0.15, -0.1) is 0 Å². The first-order valence-corrected chi connectivity index (χ1v) is 20.7. The summed E-state index contributed by atoms with van der Waals surface area (Å²) in [5.41, 5.74) is -0.293. The molecule has 7 atom stereocenters. The van der Waals surface area contributed by atoms with Crippen molar-refractivity contribution in [1.29, 1.82) is 0 Å². The van der Waals surface area contributed by atoms with Gasteiger partial charge in [-0.2, -0.15) is 0 Å². The maximum absolute atomic E-state index is 14.4. The first-order valence-electron chi connectivity index (χ1n) is 18.9. The zero-order valence-corrected chi connectivity index (χ0v) is 33.3. The molecule has 55 heavy (non-hydrogen) atoms. The van der Waals surface area contributed by atoms with Crippen LogP contribution in [-0.4, -0.2) is 88.3 Å². The van der Waals surface area contributed by atoms with E-state index in [2.05, 4.69) is 20.3 Å². The molecule has 4 aliphatic rings. The monoisotopic (exact) mass is 799 g/mol. The Kier molecular flexibility index (Phi) is 11.5. The molecule has 2 aliphatic heterocycles. The van der Waals surface area contributed by atoms with Crippen molar-refractivity contribution in [3.8, 4) is 22.9 Å². The summed E-state index contributed by atoms with van der Waals surface area (Å²) in [5, 5.41) is 15.4. The second-order valence-corrected chi connectivity index (χ2v) is 18.7. The molecule has 16 heteroatoms. The van der Waals surface area contributed by atoms with Crippen molar-refractivity contribution < 1.29 is 42.2 Å². The van der Waals surface area contributed by atoms with E-state index in [1.165, 1.54) is 11.0 Å². The minimum Gasteiger partial charge on any atom is -0.491 e. The molecule has 4 amide bonds. The SMILES string of the molecule is CC(C)Oc1ccc(-c2cc(Cl)cc(O[C@@H]3C[C@H]4C(=O)N[C@]5(C(=O)NS(=O)(=O)C6(C)CC6)C[C@H]5/C=C\CC[C@@H](C)C[C@@H](C)[C@H](NC(=O)O)C(=O)N4C3)n2)cc1. The molecule has 3 heterocycles. The third-order valence-corrected chi connectivity index (χ3v) is 13.5. The third kappa shape index (κ3) is 9.04. The lowest BCUT2D eigenvalue weighted by molar-refractivity contribution is -0.142. The number of allylic oxidation sites excluding steroid dienone is 1. The van der Waals surface area contributed by atoms with E-state index in [9.17, 15) is 32.7 Å². The summed E-state index contributed by atoms with van der Waals surface area (Å²) < 4.78 is 39.5. The number of rotatable bonds is 9. The second-order valence-electron chi connectivity index (χ2n) is 16.1. The van der Waals surface area contributed by atoms with Crippen molar-refractivity contribution in [3.63, 3.8) is 0 Å². The number of aromatic nitrogens is 1. The summed E-state index contributed by atoms with van der Waals surface area (Å²) >= 11 is 6.52. The fourth-order valence-corrected chi connectivity index (χ4v) is 9.07. The van der Waals surface area contributed by atoms with Gasteiger partial charge in [0.15, 0.2) is 0 Å². The van der Waals surface area contributed by atoms with E-state index >= 15 is 0 Å². The largest absolute Gasteiger partial charge is 0.491 e. The van der Waals surface area contributed by atoms with Gasteiger partial charge in [0.2, 0.25) is 27.7 Å². The second kappa shape index (κ2) is 15.6. The van der Waals surface area contributed by atoms with Gasteiger partial charge in [-0.05, 0) is 101 Å². The Labute approximate surface area is 326 Å². The predicted molar refractivity (Wildman–Crippen MR) is 205 cm³/mol. The number of carbonyl (C=O) groups is 4. The van der Waals surface area contributed by atoms with Crippen LogP contribution in [0.3, 0.4) is 0 Å². The lowest BCUT2D eigenvalue weighted by Crippen LogP contribution is -2.59. The van der Waals surface area contributed by atoms with Crippen LogP contribution < -0.4 is 24.8 Å². The molecule has 1 aromatic heterocycles. The normalized spacial score (nSPS) is 29.8. The van der Waals surface area contributed by atoms with Gasteiger partial charge in [0, 0.05) is 29.0 Å². The number of hydrogen-bond donors (Lipinski definition) is 4. The summed E-state index contributed by atoms with van der Waals surface area (Å²) in [5.74, 6) is -2.07. The molecule has 1 saturated heterocycles. The molecule has 2 saturated carbocycles. The Morgan fingerprint density at radius 3 is 2.47 bits per heavy atom. The molecule has 14 nitrogen and oxygen atoms in total. The molecule has 2 aromatic rings. The smallest absolute Gasteiger partial charge is 0.405 e. The Balaban J connectivity index is 1.30. The molecule has 2 aliphatic carbocycles. The molecule has 3 fully saturated rings. The number of fused-ring (bicyclic) bond motifs is 2. The van der Waals surface area contributed by atoms with Crippen LogP contribution in [0, 0.1) is 17.8 Å². The minimum atomic E-state index is -4.01. The van der Waals surface area contributed by atoms with E-state index in [4.69, 9.17) is 21.1 Å². The Bertz CT molecular complexity index is 1950. The highest BCUT2D eigenvalue weighted by Gasteiger charge is 2.63. The number of pyridine rings is 1. The van der Waals surface area contributed by atoms with Gasteiger partial charge in [0.25, 0.3) is 5.91 Å². The van der Waals surface area contributed by atoms with Crippen molar-refractivity contribution >= 4 is 45.4 Å². The summed E-state index contributed by atoms with van der Waals surface area (Å²) in [6.45, 7) is 9.17. The maximum Gasteiger partial charge on any atom is 0.405 e. The number of benzene rings is 1. The lowest BCUT2D eigenvalue weighted by Gasteiger charge is -2.32. The van der Waals surface area contributed by atoms with Crippen LogP contribution in [0.5, 0.6) is 11.6 Å². The first-order chi connectivity index (χ1) is 25.9. The summed E-state index contributed by atoms with van der Waals surface area (Å²) in [7, 11) is -4.01. The number of nitrogens with one attached hydrogen (secondary N) is 3. The average Bonchev–Trinajstić information content (AvgIpc) is 3.98. The molecule has 298 valence electrons. The number of carbonyl (C=O) groups excluding carboxylic acids is 3. The molecular formula is C39H50ClN5O9S. The van der Waals surface area contributed by atoms with Gasteiger partial charge >= 0.3 is 6.09 Å². The van der Waals surface area contributed by atoms with Crippen molar-refractivity contribution in [2.24, 2.45) is 17.8 Å². The third-order valence-electron chi connectivity index (χ3n) is 11.1. The van der Waals surface area contributed by atoms with Crippen molar-refractivity contribution in [1.82, 2.24) is 25.2 Å². The van der Waals surface area contributed by atoms with Crippen LogP contribution in [0.4, 0.5) is 4.79 Å². The number of nitrogens with zero attached hydrogens (tertiary/aromatic N) is 2. The van der Waals surface area contributed by atoms with E-state index in [-0.39, 0.29) is 37.3 Å². The first kappa shape index (κ1) is 40.3. The van der Waals surface area contributed by atoms with Crippen LogP contribution in [0.25, 0.3) is 11.3 Å². The molecule has 1 aromatic carbocycles. The quantitative estimate of drug-likeness (QED) is 0.249. The van der Waals surface area contributed by atoms with E-state index in [1.807, 2.05) is 57.2 Å². The van der Waals surface area contributed by atoms with Gasteiger partial charge < -0.3 is 30.1 Å². The topological polar surface area (TPSA) is 193 Å². The fraction of sp³-hybridized carbons (Fsp3) is 0.564. The van der Waals surface area contributed by atoms with Crippen LogP contribution in [0.1, 0.15) is 79.6 Å². The van der Waals surface area contributed by atoms with Gasteiger partial charge in [-0.3, -0.25) is 19.1 Å². The summed E-state index contributed by atoms with van der Waals surface area (Å²) in [4.78, 5) is 60.5. The van der Waals surface area contributed by atoms with E-state index in [0.29, 0.717) is 42.1 Å².